The predicted octanol–water partition coefficient (Wildman–Crippen LogP) is 4.44. The number of benzene rings is 1. The van der Waals surface area contributed by atoms with Crippen molar-refractivity contribution in [2.75, 3.05) is 20.3 Å². The van der Waals surface area contributed by atoms with Crippen molar-refractivity contribution in [3.8, 4) is 0 Å². The van der Waals surface area contributed by atoms with Gasteiger partial charge in [-0.25, -0.2) is 0 Å². The van der Waals surface area contributed by atoms with Gasteiger partial charge in [-0.15, -0.1) is 0 Å². The number of halogens is 1. The van der Waals surface area contributed by atoms with Crippen LogP contribution in [0.2, 0.25) is 18.1 Å². The number of esters is 1. The first-order chi connectivity index (χ1) is 13.0. The molecule has 1 heterocycles. The highest BCUT2D eigenvalue weighted by atomic mass is 35.5. The van der Waals surface area contributed by atoms with Crippen molar-refractivity contribution in [2.24, 2.45) is 5.41 Å². The molecule has 1 aliphatic heterocycles. The van der Waals surface area contributed by atoms with Crippen LogP contribution in [0.25, 0.3) is 0 Å². The van der Waals surface area contributed by atoms with Gasteiger partial charge in [0.15, 0.2) is 9.04 Å². The van der Waals surface area contributed by atoms with E-state index in [1.54, 1.807) is 11.8 Å². The molecule has 1 aliphatic rings. The maximum atomic E-state index is 11.4. The molecule has 0 amide bonds. The fourth-order valence-electron chi connectivity index (χ4n) is 3.13. The second-order valence-electron chi connectivity index (χ2n) is 8.28. The minimum atomic E-state index is -1.21. The van der Waals surface area contributed by atoms with E-state index in [2.05, 4.69) is 51.1 Å². The Kier molecular flexibility index (Phi) is 7.53. The van der Waals surface area contributed by atoms with Crippen molar-refractivity contribution in [1.29, 1.82) is 0 Å². The Balaban J connectivity index is 2.42. The Morgan fingerprint density at radius 3 is 2.57 bits per heavy atom. The zero-order valence-corrected chi connectivity index (χ0v) is 20.5. The van der Waals surface area contributed by atoms with Gasteiger partial charge in [0, 0.05) is 29.3 Å². The van der Waals surface area contributed by atoms with E-state index in [9.17, 15) is 4.79 Å². The van der Waals surface area contributed by atoms with E-state index < -0.39 is 14.7 Å². The Bertz CT molecular complexity index is 751. The van der Waals surface area contributed by atoms with Gasteiger partial charge in [-0.2, -0.15) is 0 Å². The number of carbonyl (C=O) groups is 1. The van der Waals surface area contributed by atoms with E-state index in [0.717, 1.165) is 15.6 Å². The number of hydrogen-bond donors (Lipinski definition) is 1. The molecule has 1 atom stereocenters. The highest BCUT2D eigenvalue weighted by molar-refractivity contribution is 8.03. The first kappa shape index (κ1) is 23.1. The van der Waals surface area contributed by atoms with Gasteiger partial charge < -0.3 is 19.4 Å². The highest BCUT2D eigenvalue weighted by Crippen LogP contribution is 2.46. The average Bonchev–Trinajstić information content (AvgIpc) is 2.84. The fourth-order valence-corrected chi connectivity index (χ4v) is 5.05. The quantitative estimate of drug-likeness (QED) is 0.497. The molecule has 1 unspecified atom stereocenters. The van der Waals surface area contributed by atoms with Crippen LogP contribution in [0.15, 0.2) is 39.9 Å². The summed E-state index contributed by atoms with van der Waals surface area (Å²) in [7, 11) is 0.854. The minimum absolute atomic E-state index is 0.136. The number of ether oxygens (including phenoxy) is 1. The molecule has 0 aromatic heterocycles. The van der Waals surface area contributed by atoms with E-state index in [1.807, 2.05) is 24.3 Å². The minimum Gasteiger partial charge on any atom is -0.459 e. The molecule has 0 radical (unpaired) electrons. The molecule has 0 saturated carbocycles. The lowest BCUT2D eigenvalue weighted by molar-refractivity contribution is -0.140. The average molecular weight is 443 g/mol. The second-order valence-corrected chi connectivity index (χ2v) is 12.2. The van der Waals surface area contributed by atoms with Crippen LogP contribution in [0.4, 0.5) is 0 Å². The molecule has 0 bridgehead atoms. The molecule has 2 rings (SSSR count). The van der Waals surface area contributed by atoms with E-state index in [1.165, 1.54) is 6.92 Å². The molecule has 156 valence electrons. The molecule has 8 heteroatoms. The summed E-state index contributed by atoms with van der Waals surface area (Å²) in [4.78, 5) is 14.7. The first-order valence-electron chi connectivity index (χ1n) is 9.40. The molecule has 1 aromatic carbocycles. The molecule has 0 aliphatic carbocycles. The van der Waals surface area contributed by atoms with Gasteiger partial charge in [-0.3, -0.25) is 4.79 Å². The van der Waals surface area contributed by atoms with Crippen LogP contribution in [0.1, 0.15) is 27.7 Å². The topological polar surface area (TPSA) is 50.8 Å². The standard InChI is InChI=1S/C20H31ClN2O3SSi/c1-14(24)25-12-17-18(27-16-10-8-9-15(21)11-16)23(5)20(22-17,19(2,3)4)13-26-28(6)7/h8-11,22,28H,12-13H2,1-7H3. The molecule has 1 N–H and O–H groups in total. The van der Waals surface area contributed by atoms with Crippen LogP contribution in [0, 0.1) is 5.41 Å². The van der Waals surface area contributed by atoms with Gasteiger partial charge >= 0.3 is 5.97 Å². The SMILES string of the molecule is CC(=O)OCC1=C(Sc2cccc(Cl)c2)N(C)C(CO[SiH](C)C)(C(C)(C)C)N1. The number of carbonyl (C=O) groups excluding carboxylic acids is 1. The molecule has 28 heavy (non-hydrogen) atoms. The first-order valence-corrected chi connectivity index (χ1v) is 13.4. The maximum Gasteiger partial charge on any atom is 0.303 e. The number of nitrogens with one attached hydrogen (secondary N) is 1. The van der Waals surface area contributed by atoms with Crippen LogP contribution in [0.3, 0.4) is 0 Å². The molecule has 0 spiro atoms. The van der Waals surface area contributed by atoms with Crippen molar-refractivity contribution in [2.45, 2.75) is 51.3 Å². The van der Waals surface area contributed by atoms with Gasteiger partial charge in [-0.05, 0) is 31.3 Å². The van der Waals surface area contributed by atoms with E-state index in [4.69, 9.17) is 20.8 Å². The Hall–Kier alpha value is -1.15. The van der Waals surface area contributed by atoms with E-state index in [0.29, 0.717) is 11.6 Å². The van der Waals surface area contributed by atoms with Gasteiger partial charge in [0.25, 0.3) is 0 Å². The summed E-state index contributed by atoms with van der Waals surface area (Å²) in [5.41, 5.74) is 0.302. The zero-order valence-electron chi connectivity index (χ0n) is 17.8. The second kappa shape index (κ2) is 9.11. The molecule has 0 saturated heterocycles. The van der Waals surface area contributed by atoms with Crippen LogP contribution in [0.5, 0.6) is 0 Å². The zero-order chi connectivity index (χ0) is 21.1. The van der Waals surface area contributed by atoms with Crippen LogP contribution in [-0.2, 0) is 14.0 Å². The molecule has 0 fully saturated rings. The lowest BCUT2D eigenvalue weighted by atomic mass is 9.80. The van der Waals surface area contributed by atoms with Crippen LogP contribution >= 0.6 is 23.4 Å². The predicted molar refractivity (Wildman–Crippen MR) is 119 cm³/mol. The van der Waals surface area contributed by atoms with Crippen molar-refractivity contribution >= 4 is 38.4 Å². The largest absolute Gasteiger partial charge is 0.459 e. The maximum absolute atomic E-state index is 11.4. The van der Waals surface area contributed by atoms with Crippen molar-refractivity contribution < 1.29 is 14.0 Å². The lowest BCUT2D eigenvalue weighted by Gasteiger charge is -2.48. The molecular weight excluding hydrogens is 412 g/mol. The monoisotopic (exact) mass is 442 g/mol. The number of thioether (sulfide) groups is 1. The number of likely N-dealkylation sites (N-methyl/N-ethyl adjacent to an activating group) is 1. The Morgan fingerprint density at radius 1 is 1.36 bits per heavy atom. The lowest BCUT2D eigenvalue weighted by Crippen LogP contribution is -2.63. The van der Waals surface area contributed by atoms with Crippen molar-refractivity contribution in [1.82, 2.24) is 10.2 Å². The Labute approximate surface area is 179 Å². The molecular formula is C20H31ClN2O3SSi. The van der Waals surface area contributed by atoms with Gasteiger partial charge in [0.1, 0.15) is 17.3 Å². The fraction of sp³-hybridized carbons (Fsp3) is 0.550. The van der Waals surface area contributed by atoms with Gasteiger partial charge in [-0.1, -0.05) is 50.2 Å². The summed E-state index contributed by atoms with van der Waals surface area (Å²) >= 11 is 7.78. The molecule has 5 nitrogen and oxygen atoms in total. The summed E-state index contributed by atoms with van der Waals surface area (Å²) in [6.45, 7) is 13.1. The highest BCUT2D eigenvalue weighted by Gasteiger charge is 2.51. The normalized spacial score (nSPS) is 20.0. The Morgan fingerprint density at radius 2 is 2.04 bits per heavy atom. The summed E-state index contributed by atoms with van der Waals surface area (Å²) in [6, 6.07) is 7.75. The summed E-state index contributed by atoms with van der Waals surface area (Å²) < 4.78 is 11.5. The van der Waals surface area contributed by atoms with Crippen LogP contribution in [-0.4, -0.2) is 45.8 Å². The van der Waals surface area contributed by atoms with Gasteiger partial charge in [0.05, 0.1) is 12.3 Å². The summed E-state index contributed by atoms with van der Waals surface area (Å²) in [5.74, 6) is -0.303. The number of hydrogen-bond acceptors (Lipinski definition) is 6. The third-order valence-electron chi connectivity index (χ3n) is 4.79. The van der Waals surface area contributed by atoms with E-state index in [-0.39, 0.29) is 18.0 Å². The number of nitrogens with zero attached hydrogens (tertiary/aromatic N) is 1. The van der Waals surface area contributed by atoms with E-state index >= 15 is 0 Å². The van der Waals surface area contributed by atoms with Crippen LogP contribution < -0.4 is 5.32 Å². The van der Waals surface area contributed by atoms with Crippen molar-refractivity contribution in [3.05, 3.63) is 40.0 Å². The summed E-state index contributed by atoms with van der Waals surface area (Å²) in [5, 5.41) is 5.36. The van der Waals surface area contributed by atoms with Gasteiger partial charge in [0.2, 0.25) is 0 Å². The third-order valence-corrected chi connectivity index (χ3v) is 7.06. The van der Waals surface area contributed by atoms with Crippen molar-refractivity contribution in [3.63, 3.8) is 0 Å². The third kappa shape index (κ3) is 5.26. The smallest absolute Gasteiger partial charge is 0.303 e. The number of rotatable bonds is 7. The summed E-state index contributed by atoms with van der Waals surface area (Å²) in [6.07, 6.45) is 0. The molecule has 1 aromatic rings.